The third kappa shape index (κ3) is 2.27. The molecule has 1 aliphatic carbocycles. The number of aliphatic hydroxyl groups is 1. The minimum Gasteiger partial charge on any atom is -0.392 e. The number of carbonyl (C=O) groups excluding carboxylic acids is 1. The van der Waals surface area contributed by atoms with Crippen LogP contribution in [-0.4, -0.2) is 35.1 Å². The summed E-state index contributed by atoms with van der Waals surface area (Å²) < 4.78 is 0. The van der Waals surface area contributed by atoms with E-state index < -0.39 is 0 Å². The summed E-state index contributed by atoms with van der Waals surface area (Å²) >= 11 is 0. The zero-order valence-electron chi connectivity index (χ0n) is 10.5. The molecule has 0 bridgehead atoms. The number of benzene rings is 1. The molecule has 96 valence electrons. The zero-order chi connectivity index (χ0) is 12.5. The molecule has 3 nitrogen and oxygen atoms in total. The lowest BCUT2D eigenvalue weighted by Gasteiger charge is -2.36. The topological polar surface area (TPSA) is 40.5 Å². The third-order valence-electron chi connectivity index (χ3n) is 4.04. The molecule has 2 fully saturated rings. The van der Waals surface area contributed by atoms with Crippen molar-refractivity contribution in [3.8, 4) is 0 Å². The van der Waals surface area contributed by atoms with Crippen molar-refractivity contribution < 1.29 is 9.90 Å². The van der Waals surface area contributed by atoms with Crippen LogP contribution in [0, 0.1) is 5.92 Å². The van der Waals surface area contributed by atoms with Crippen LogP contribution in [0.25, 0.3) is 0 Å². The van der Waals surface area contributed by atoms with Crippen molar-refractivity contribution in [1.29, 1.82) is 0 Å². The number of piperidine rings is 1. The van der Waals surface area contributed by atoms with Crippen molar-refractivity contribution in [2.75, 3.05) is 13.1 Å². The summed E-state index contributed by atoms with van der Waals surface area (Å²) in [5.74, 6) is 0.641. The second kappa shape index (κ2) is 4.73. The molecule has 18 heavy (non-hydrogen) atoms. The smallest absolute Gasteiger partial charge is 0.225 e. The number of aliphatic hydroxyl groups excluding tert-OH is 1. The van der Waals surface area contributed by atoms with Crippen LogP contribution < -0.4 is 0 Å². The molecule has 3 rings (SSSR count). The van der Waals surface area contributed by atoms with Gasteiger partial charge >= 0.3 is 0 Å². The average molecular weight is 245 g/mol. The van der Waals surface area contributed by atoms with Crippen molar-refractivity contribution >= 4 is 5.91 Å². The molecule has 1 aromatic rings. The van der Waals surface area contributed by atoms with Crippen LogP contribution in [0.4, 0.5) is 0 Å². The highest BCUT2D eigenvalue weighted by Gasteiger charge is 2.37. The minimum atomic E-state index is -0.323. The van der Waals surface area contributed by atoms with Gasteiger partial charge in [-0.25, -0.2) is 0 Å². The fourth-order valence-corrected chi connectivity index (χ4v) is 2.76. The molecular formula is C15H19NO2. The molecule has 2 aliphatic rings. The lowest BCUT2D eigenvalue weighted by Crippen LogP contribution is -2.45. The van der Waals surface area contributed by atoms with E-state index in [0.29, 0.717) is 25.4 Å². The van der Waals surface area contributed by atoms with Gasteiger partial charge in [-0.3, -0.25) is 4.79 Å². The second-order valence-electron chi connectivity index (χ2n) is 5.43. The zero-order valence-corrected chi connectivity index (χ0v) is 10.5. The number of rotatable bonds is 2. The summed E-state index contributed by atoms with van der Waals surface area (Å²) in [4.78, 5) is 14.0. The molecule has 1 N–H and O–H groups in total. The molecule has 0 radical (unpaired) electrons. The Hall–Kier alpha value is -1.35. The van der Waals surface area contributed by atoms with Gasteiger partial charge < -0.3 is 10.0 Å². The largest absolute Gasteiger partial charge is 0.392 e. The van der Waals surface area contributed by atoms with E-state index in [1.54, 1.807) is 0 Å². The number of hydrogen-bond acceptors (Lipinski definition) is 2. The van der Waals surface area contributed by atoms with E-state index in [1.165, 1.54) is 0 Å². The fourth-order valence-electron chi connectivity index (χ4n) is 2.76. The van der Waals surface area contributed by atoms with Crippen LogP contribution in [0.5, 0.6) is 0 Å². The predicted octanol–water partition coefficient (Wildman–Crippen LogP) is 1.77. The van der Waals surface area contributed by atoms with E-state index in [0.717, 1.165) is 18.4 Å². The maximum Gasteiger partial charge on any atom is 0.225 e. The maximum atomic E-state index is 12.1. The highest BCUT2D eigenvalue weighted by molar-refractivity contribution is 5.81. The summed E-state index contributed by atoms with van der Waals surface area (Å²) in [6.45, 7) is 1.38. The quantitative estimate of drug-likeness (QED) is 0.862. The standard InChI is InChI=1S/C15H19NO2/c17-14-8-9-16(15(18)12-6-7-12)10-13(14)11-4-2-1-3-5-11/h1-5,12-14,17H,6-10H2. The first-order valence-corrected chi connectivity index (χ1v) is 6.77. The molecule has 1 aliphatic heterocycles. The van der Waals surface area contributed by atoms with Gasteiger partial charge in [0, 0.05) is 24.9 Å². The number of likely N-dealkylation sites (tertiary alicyclic amines) is 1. The van der Waals surface area contributed by atoms with Crippen LogP contribution in [0.2, 0.25) is 0 Å². The minimum absolute atomic E-state index is 0.0719. The van der Waals surface area contributed by atoms with Crippen molar-refractivity contribution in [2.24, 2.45) is 5.92 Å². The Kier molecular flexibility index (Phi) is 3.08. The predicted molar refractivity (Wildman–Crippen MR) is 69.1 cm³/mol. The van der Waals surface area contributed by atoms with Gasteiger partial charge in [-0.2, -0.15) is 0 Å². The molecule has 2 atom stereocenters. The summed E-state index contributed by atoms with van der Waals surface area (Å²) in [7, 11) is 0. The van der Waals surface area contributed by atoms with Gasteiger partial charge in [0.2, 0.25) is 5.91 Å². The normalized spacial score (nSPS) is 28.2. The van der Waals surface area contributed by atoms with E-state index in [1.807, 2.05) is 35.2 Å². The summed E-state index contributed by atoms with van der Waals surface area (Å²) in [5.41, 5.74) is 1.14. The average Bonchev–Trinajstić information content (AvgIpc) is 3.24. The molecule has 2 unspecified atom stereocenters. The van der Waals surface area contributed by atoms with Crippen molar-refractivity contribution in [2.45, 2.75) is 31.3 Å². The van der Waals surface area contributed by atoms with Gasteiger partial charge in [0.25, 0.3) is 0 Å². The Balaban J connectivity index is 1.74. The Labute approximate surface area is 107 Å². The third-order valence-corrected chi connectivity index (χ3v) is 4.04. The monoisotopic (exact) mass is 245 g/mol. The Morgan fingerprint density at radius 2 is 1.89 bits per heavy atom. The van der Waals surface area contributed by atoms with Gasteiger partial charge in [0.15, 0.2) is 0 Å². The van der Waals surface area contributed by atoms with Crippen molar-refractivity contribution in [1.82, 2.24) is 4.90 Å². The van der Waals surface area contributed by atoms with Crippen LogP contribution in [0.1, 0.15) is 30.7 Å². The highest BCUT2D eigenvalue weighted by Crippen LogP contribution is 2.34. The lowest BCUT2D eigenvalue weighted by molar-refractivity contribution is -0.135. The molecule has 0 aromatic heterocycles. The van der Waals surface area contributed by atoms with Gasteiger partial charge in [-0.05, 0) is 24.8 Å². The molecule has 1 saturated heterocycles. The number of carbonyl (C=O) groups is 1. The molecular weight excluding hydrogens is 226 g/mol. The van der Waals surface area contributed by atoms with Crippen molar-refractivity contribution in [3.05, 3.63) is 35.9 Å². The van der Waals surface area contributed by atoms with Crippen molar-refractivity contribution in [3.63, 3.8) is 0 Å². The van der Waals surface area contributed by atoms with Gasteiger partial charge in [-0.15, -0.1) is 0 Å². The first kappa shape index (κ1) is 11.7. The Bertz CT molecular complexity index is 427. The molecule has 1 amide bonds. The summed E-state index contributed by atoms with van der Waals surface area (Å²) in [6, 6.07) is 10.0. The van der Waals surface area contributed by atoms with Gasteiger partial charge in [0.1, 0.15) is 0 Å². The first-order valence-electron chi connectivity index (χ1n) is 6.77. The van der Waals surface area contributed by atoms with E-state index >= 15 is 0 Å². The number of nitrogens with zero attached hydrogens (tertiary/aromatic N) is 1. The summed E-state index contributed by atoms with van der Waals surface area (Å²) in [5, 5.41) is 10.1. The van der Waals surface area contributed by atoms with E-state index in [2.05, 4.69) is 0 Å². The number of hydrogen-bond donors (Lipinski definition) is 1. The second-order valence-corrected chi connectivity index (χ2v) is 5.43. The van der Waals surface area contributed by atoms with Crippen LogP contribution in [0.3, 0.4) is 0 Å². The molecule has 1 heterocycles. The Morgan fingerprint density at radius 1 is 1.17 bits per heavy atom. The van der Waals surface area contributed by atoms with Crippen LogP contribution >= 0.6 is 0 Å². The Morgan fingerprint density at radius 3 is 2.56 bits per heavy atom. The summed E-state index contributed by atoms with van der Waals surface area (Å²) in [6.07, 6.45) is 2.47. The van der Waals surface area contributed by atoms with E-state index in [4.69, 9.17) is 0 Å². The maximum absolute atomic E-state index is 12.1. The molecule has 0 spiro atoms. The first-order chi connectivity index (χ1) is 8.75. The highest BCUT2D eigenvalue weighted by atomic mass is 16.3. The molecule has 1 aromatic carbocycles. The molecule has 3 heteroatoms. The number of amides is 1. The van der Waals surface area contributed by atoms with E-state index in [9.17, 15) is 9.90 Å². The van der Waals surface area contributed by atoms with Crippen LogP contribution in [0.15, 0.2) is 30.3 Å². The SMILES string of the molecule is O=C(C1CC1)N1CCC(O)C(c2ccccc2)C1. The van der Waals surface area contributed by atoms with Crippen LogP contribution in [-0.2, 0) is 4.79 Å². The van der Waals surface area contributed by atoms with E-state index in [-0.39, 0.29) is 17.9 Å². The lowest BCUT2D eigenvalue weighted by atomic mass is 9.88. The molecule has 1 saturated carbocycles. The van der Waals surface area contributed by atoms with Gasteiger partial charge in [-0.1, -0.05) is 30.3 Å². The fraction of sp³-hybridized carbons (Fsp3) is 0.533. The van der Waals surface area contributed by atoms with Gasteiger partial charge in [0.05, 0.1) is 6.10 Å².